The van der Waals surface area contributed by atoms with Gasteiger partial charge in [0, 0.05) is 12.2 Å². The zero-order valence-electron chi connectivity index (χ0n) is 12.1. The van der Waals surface area contributed by atoms with Gasteiger partial charge < -0.3 is 10.4 Å². The second kappa shape index (κ2) is 7.13. The van der Waals surface area contributed by atoms with Crippen molar-refractivity contribution in [3.05, 3.63) is 47.2 Å². The van der Waals surface area contributed by atoms with Crippen molar-refractivity contribution < 1.29 is 9.90 Å². The highest BCUT2D eigenvalue weighted by atomic mass is 16.4. The van der Waals surface area contributed by atoms with Crippen molar-refractivity contribution in [2.24, 2.45) is 5.92 Å². The van der Waals surface area contributed by atoms with Crippen LogP contribution in [0.5, 0.6) is 0 Å². The van der Waals surface area contributed by atoms with E-state index in [9.17, 15) is 9.90 Å². The number of nitrogens with one attached hydrogen (secondary N) is 1. The molecule has 1 aromatic carbocycles. The first-order valence-electron chi connectivity index (χ1n) is 7.43. The van der Waals surface area contributed by atoms with Crippen LogP contribution in [0.2, 0.25) is 0 Å². The Morgan fingerprint density at radius 2 is 2.10 bits per heavy atom. The highest BCUT2D eigenvalue weighted by Gasteiger charge is 2.23. The van der Waals surface area contributed by atoms with Crippen molar-refractivity contribution in [2.45, 2.75) is 39.0 Å². The molecule has 20 heavy (non-hydrogen) atoms. The van der Waals surface area contributed by atoms with Gasteiger partial charge in [-0.3, -0.25) is 0 Å². The zero-order chi connectivity index (χ0) is 14.4. The third-order valence-electron chi connectivity index (χ3n) is 4.09. The molecule has 0 radical (unpaired) electrons. The minimum atomic E-state index is -0.759. The summed E-state index contributed by atoms with van der Waals surface area (Å²) in [6.45, 7) is 2.94. The lowest BCUT2D eigenvalue weighted by Crippen LogP contribution is -2.25. The third-order valence-corrected chi connectivity index (χ3v) is 4.09. The van der Waals surface area contributed by atoms with Gasteiger partial charge in [-0.2, -0.15) is 0 Å². The van der Waals surface area contributed by atoms with Crippen molar-refractivity contribution in [3.8, 4) is 0 Å². The Kier molecular flexibility index (Phi) is 5.22. The Morgan fingerprint density at radius 1 is 1.35 bits per heavy atom. The lowest BCUT2D eigenvalue weighted by Gasteiger charge is -2.25. The Morgan fingerprint density at radius 3 is 2.75 bits per heavy atom. The van der Waals surface area contributed by atoms with E-state index in [1.165, 1.54) is 5.56 Å². The smallest absolute Gasteiger partial charge is 0.333 e. The maximum atomic E-state index is 11.4. The van der Waals surface area contributed by atoms with Crippen LogP contribution in [0.1, 0.15) is 38.2 Å². The molecule has 1 aliphatic rings. The fourth-order valence-electron chi connectivity index (χ4n) is 2.78. The number of carboxylic acid groups (broad SMARTS) is 1. The van der Waals surface area contributed by atoms with Crippen LogP contribution in [0, 0.1) is 5.92 Å². The highest BCUT2D eigenvalue weighted by molar-refractivity contribution is 5.87. The molecule has 0 spiro atoms. The van der Waals surface area contributed by atoms with E-state index in [0.29, 0.717) is 17.9 Å². The Bertz CT molecular complexity index is 479. The Labute approximate surface area is 120 Å². The number of rotatable bonds is 6. The normalized spacial score (nSPS) is 18.9. The molecule has 0 saturated heterocycles. The number of carboxylic acids is 1. The molecule has 0 aliphatic heterocycles. The fourth-order valence-corrected chi connectivity index (χ4v) is 2.78. The monoisotopic (exact) mass is 273 g/mol. The van der Waals surface area contributed by atoms with Gasteiger partial charge in [0.05, 0.1) is 5.57 Å². The SMILES string of the molecule is CCC1CCC(NCCc2ccccc2)=C(C(=O)O)C1. The molecule has 1 atom stereocenters. The predicted molar refractivity (Wildman–Crippen MR) is 80.4 cm³/mol. The Balaban J connectivity index is 1.94. The fraction of sp³-hybridized carbons (Fsp3) is 0.471. The molecule has 3 nitrogen and oxygen atoms in total. The third kappa shape index (κ3) is 3.86. The van der Waals surface area contributed by atoms with E-state index >= 15 is 0 Å². The summed E-state index contributed by atoms with van der Waals surface area (Å²) in [6.07, 6.45) is 4.66. The van der Waals surface area contributed by atoms with Crippen LogP contribution in [0.15, 0.2) is 41.6 Å². The molecule has 0 heterocycles. The largest absolute Gasteiger partial charge is 0.478 e. The minimum absolute atomic E-state index is 0.528. The summed E-state index contributed by atoms with van der Waals surface area (Å²) in [5, 5.41) is 12.7. The first-order valence-corrected chi connectivity index (χ1v) is 7.43. The van der Waals surface area contributed by atoms with Crippen LogP contribution in [0.25, 0.3) is 0 Å². The first-order chi connectivity index (χ1) is 9.70. The van der Waals surface area contributed by atoms with Crippen LogP contribution in [-0.2, 0) is 11.2 Å². The summed E-state index contributed by atoms with van der Waals surface area (Å²) in [5.41, 5.74) is 2.81. The van der Waals surface area contributed by atoms with Gasteiger partial charge in [0.1, 0.15) is 0 Å². The van der Waals surface area contributed by atoms with E-state index in [-0.39, 0.29) is 0 Å². The first kappa shape index (κ1) is 14.6. The summed E-state index contributed by atoms with van der Waals surface area (Å²) in [4.78, 5) is 11.4. The molecular formula is C17H23NO2. The van der Waals surface area contributed by atoms with E-state index in [2.05, 4.69) is 24.4 Å². The van der Waals surface area contributed by atoms with Gasteiger partial charge in [-0.25, -0.2) is 4.79 Å². The number of hydrogen-bond donors (Lipinski definition) is 2. The number of hydrogen-bond acceptors (Lipinski definition) is 2. The molecule has 0 amide bonds. The summed E-state index contributed by atoms with van der Waals surface area (Å²) in [5.74, 6) is -0.230. The van der Waals surface area contributed by atoms with Gasteiger partial charge in [-0.1, -0.05) is 43.7 Å². The van der Waals surface area contributed by atoms with E-state index in [1.807, 2.05) is 18.2 Å². The maximum absolute atomic E-state index is 11.4. The summed E-state index contributed by atoms with van der Waals surface area (Å²) in [7, 11) is 0. The van der Waals surface area contributed by atoms with E-state index in [1.54, 1.807) is 0 Å². The molecule has 0 bridgehead atoms. The van der Waals surface area contributed by atoms with Crippen molar-refractivity contribution in [1.82, 2.24) is 5.32 Å². The zero-order valence-corrected chi connectivity index (χ0v) is 12.1. The molecule has 0 saturated carbocycles. The molecule has 108 valence electrons. The quantitative estimate of drug-likeness (QED) is 0.835. The molecule has 1 aliphatic carbocycles. The molecule has 2 rings (SSSR count). The predicted octanol–water partition coefficient (Wildman–Crippen LogP) is 3.37. The maximum Gasteiger partial charge on any atom is 0.333 e. The van der Waals surface area contributed by atoms with Gasteiger partial charge >= 0.3 is 5.97 Å². The molecule has 3 heteroatoms. The van der Waals surface area contributed by atoms with Crippen molar-refractivity contribution in [1.29, 1.82) is 0 Å². The standard InChI is InChI=1S/C17H23NO2/c1-2-13-8-9-16(15(12-13)17(19)20)18-11-10-14-6-4-3-5-7-14/h3-7,13,18H,2,8-12H2,1H3,(H,19,20). The lowest BCUT2D eigenvalue weighted by molar-refractivity contribution is -0.133. The van der Waals surface area contributed by atoms with Crippen LogP contribution in [0.3, 0.4) is 0 Å². The van der Waals surface area contributed by atoms with Crippen LogP contribution in [0.4, 0.5) is 0 Å². The second-order valence-corrected chi connectivity index (χ2v) is 5.44. The Hall–Kier alpha value is -1.77. The van der Waals surface area contributed by atoms with Crippen molar-refractivity contribution in [2.75, 3.05) is 6.54 Å². The average molecular weight is 273 g/mol. The molecule has 0 aromatic heterocycles. The molecule has 1 unspecified atom stereocenters. The van der Waals surface area contributed by atoms with Crippen LogP contribution in [-0.4, -0.2) is 17.6 Å². The number of aliphatic carboxylic acids is 1. The van der Waals surface area contributed by atoms with Gasteiger partial charge in [0.2, 0.25) is 0 Å². The second-order valence-electron chi connectivity index (χ2n) is 5.44. The van der Waals surface area contributed by atoms with Crippen molar-refractivity contribution >= 4 is 5.97 Å². The molecule has 0 fully saturated rings. The van der Waals surface area contributed by atoms with Gasteiger partial charge in [-0.05, 0) is 37.2 Å². The lowest BCUT2D eigenvalue weighted by atomic mass is 9.85. The van der Waals surface area contributed by atoms with Crippen LogP contribution < -0.4 is 5.32 Å². The van der Waals surface area contributed by atoms with E-state index in [4.69, 9.17) is 0 Å². The highest BCUT2D eigenvalue weighted by Crippen LogP contribution is 2.30. The number of benzene rings is 1. The van der Waals surface area contributed by atoms with Gasteiger partial charge in [-0.15, -0.1) is 0 Å². The van der Waals surface area contributed by atoms with Gasteiger partial charge in [0.15, 0.2) is 0 Å². The molecule has 1 aromatic rings. The summed E-state index contributed by atoms with van der Waals surface area (Å²) in [6, 6.07) is 10.3. The van der Waals surface area contributed by atoms with Crippen LogP contribution >= 0.6 is 0 Å². The van der Waals surface area contributed by atoms with Crippen molar-refractivity contribution in [3.63, 3.8) is 0 Å². The number of allylic oxidation sites excluding steroid dienone is 1. The van der Waals surface area contributed by atoms with E-state index in [0.717, 1.165) is 37.9 Å². The molecule has 2 N–H and O–H groups in total. The topological polar surface area (TPSA) is 49.3 Å². The minimum Gasteiger partial charge on any atom is -0.478 e. The molecular weight excluding hydrogens is 250 g/mol. The summed E-state index contributed by atoms with van der Waals surface area (Å²) < 4.78 is 0. The van der Waals surface area contributed by atoms with E-state index < -0.39 is 5.97 Å². The number of carbonyl (C=O) groups is 1. The summed E-state index contributed by atoms with van der Waals surface area (Å²) >= 11 is 0. The van der Waals surface area contributed by atoms with Gasteiger partial charge in [0.25, 0.3) is 0 Å². The average Bonchev–Trinajstić information content (AvgIpc) is 2.48.